The SMILES string of the molecule is Cc1cc(Cl)c(C)c(S(=O)(=O)N2CC(=O)NC(=O)C2)c1Cl. The van der Waals surface area contributed by atoms with Crippen LogP contribution < -0.4 is 5.32 Å². The summed E-state index contributed by atoms with van der Waals surface area (Å²) in [5.74, 6) is -1.36. The second-order valence-corrected chi connectivity index (χ2v) is 7.35. The van der Waals surface area contributed by atoms with Crippen LogP contribution in [0.25, 0.3) is 0 Å². The van der Waals surface area contributed by atoms with Gasteiger partial charge in [0.2, 0.25) is 21.8 Å². The smallest absolute Gasteiger partial charge is 0.245 e. The zero-order chi connectivity index (χ0) is 15.9. The van der Waals surface area contributed by atoms with Crippen molar-refractivity contribution in [3.05, 3.63) is 27.2 Å². The topological polar surface area (TPSA) is 83.6 Å². The highest BCUT2D eigenvalue weighted by Gasteiger charge is 2.35. The van der Waals surface area contributed by atoms with Gasteiger partial charge in [-0.05, 0) is 31.0 Å². The number of carbonyl (C=O) groups excluding carboxylic acids is 2. The molecule has 0 aromatic heterocycles. The Morgan fingerprint density at radius 2 is 1.67 bits per heavy atom. The van der Waals surface area contributed by atoms with E-state index < -0.39 is 34.9 Å². The third-order valence-corrected chi connectivity index (χ3v) is 6.06. The lowest BCUT2D eigenvalue weighted by Gasteiger charge is -2.26. The third-order valence-electron chi connectivity index (χ3n) is 3.10. The van der Waals surface area contributed by atoms with Gasteiger partial charge in [0.05, 0.1) is 18.1 Å². The number of nitrogens with one attached hydrogen (secondary N) is 1. The van der Waals surface area contributed by atoms with Crippen LogP contribution in [0.1, 0.15) is 11.1 Å². The van der Waals surface area contributed by atoms with Crippen molar-refractivity contribution in [2.24, 2.45) is 0 Å². The van der Waals surface area contributed by atoms with E-state index in [1.165, 1.54) is 6.92 Å². The van der Waals surface area contributed by atoms with Crippen molar-refractivity contribution in [3.8, 4) is 0 Å². The fraction of sp³-hybridized carbons (Fsp3) is 0.333. The van der Waals surface area contributed by atoms with Crippen LogP contribution in [0.15, 0.2) is 11.0 Å². The molecule has 9 heteroatoms. The number of halogens is 2. The number of sulfonamides is 1. The molecule has 1 N–H and O–H groups in total. The Kier molecular flexibility index (Phi) is 4.30. The Hall–Kier alpha value is -1.15. The summed E-state index contributed by atoms with van der Waals surface area (Å²) in [4.78, 5) is 22.6. The summed E-state index contributed by atoms with van der Waals surface area (Å²) in [6, 6.07) is 1.56. The molecule has 2 rings (SSSR count). The highest BCUT2D eigenvalue weighted by molar-refractivity contribution is 7.89. The maximum absolute atomic E-state index is 12.7. The zero-order valence-electron chi connectivity index (χ0n) is 11.2. The van der Waals surface area contributed by atoms with Gasteiger partial charge in [-0.1, -0.05) is 23.2 Å². The standard InChI is InChI=1S/C12H12Cl2N2O4S/c1-6-3-8(13)7(2)12(11(6)14)21(19,20)16-4-9(17)15-10(18)5-16/h3H,4-5H2,1-2H3,(H,15,17,18). The summed E-state index contributed by atoms with van der Waals surface area (Å²) in [5, 5.41) is 2.33. The normalized spacial score (nSPS) is 17.0. The van der Waals surface area contributed by atoms with E-state index >= 15 is 0 Å². The first-order valence-electron chi connectivity index (χ1n) is 5.92. The minimum atomic E-state index is -4.10. The second-order valence-electron chi connectivity index (χ2n) is 4.69. The zero-order valence-corrected chi connectivity index (χ0v) is 13.6. The van der Waals surface area contributed by atoms with Crippen LogP contribution in [0.2, 0.25) is 10.0 Å². The highest BCUT2D eigenvalue weighted by atomic mass is 35.5. The molecule has 0 unspecified atom stereocenters. The number of imide groups is 1. The van der Waals surface area contributed by atoms with Gasteiger partial charge in [-0.25, -0.2) is 8.42 Å². The van der Waals surface area contributed by atoms with Crippen LogP contribution in [-0.4, -0.2) is 37.6 Å². The average Bonchev–Trinajstić information content (AvgIpc) is 2.35. The number of carbonyl (C=O) groups is 2. The van der Waals surface area contributed by atoms with E-state index in [9.17, 15) is 18.0 Å². The summed E-state index contributed by atoms with van der Waals surface area (Å²) in [5.41, 5.74) is 0.782. The van der Waals surface area contributed by atoms with Crippen molar-refractivity contribution in [2.75, 3.05) is 13.1 Å². The van der Waals surface area contributed by atoms with Gasteiger partial charge in [0.1, 0.15) is 4.90 Å². The molecule has 114 valence electrons. The number of nitrogens with zero attached hydrogens (tertiary/aromatic N) is 1. The van der Waals surface area contributed by atoms with Gasteiger partial charge in [-0.2, -0.15) is 4.31 Å². The predicted molar refractivity (Wildman–Crippen MR) is 77.8 cm³/mol. The first-order valence-corrected chi connectivity index (χ1v) is 8.12. The first kappa shape index (κ1) is 16.2. The van der Waals surface area contributed by atoms with Crippen molar-refractivity contribution in [1.82, 2.24) is 9.62 Å². The highest BCUT2D eigenvalue weighted by Crippen LogP contribution is 2.35. The third kappa shape index (κ3) is 2.91. The maximum Gasteiger partial charge on any atom is 0.245 e. The van der Waals surface area contributed by atoms with Gasteiger partial charge in [-0.3, -0.25) is 14.9 Å². The lowest BCUT2D eigenvalue weighted by Crippen LogP contribution is -2.53. The van der Waals surface area contributed by atoms with Crippen molar-refractivity contribution in [3.63, 3.8) is 0 Å². The lowest BCUT2D eigenvalue weighted by molar-refractivity contribution is -0.134. The molecule has 21 heavy (non-hydrogen) atoms. The van der Waals surface area contributed by atoms with E-state index in [0.29, 0.717) is 5.56 Å². The Morgan fingerprint density at radius 3 is 2.19 bits per heavy atom. The number of piperazine rings is 1. The van der Waals surface area contributed by atoms with Crippen molar-refractivity contribution >= 4 is 45.0 Å². The molecular weight excluding hydrogens is 339 g/mol. The van der Waals surface area contributed by atoms with Crippen molar-refractivity contribution in [2.45, 2.75) is 18.7 Å². The number of rotatable bonds is 2. The Labute approximate surface area is 132 Å². The summed E-state index contributed by atoms with van der Waals surface area (Å²) < 4.78 is 26.1. The number of aryl methyl sites for hydroxylation is 1. The van der Waals surface area contributed by atoms with E-state index in [1.807, 2.05) is 5.32 Å². The monoisotopic (exact) mass is 350 g/mol. The second kappa shape index (κ2) is 5.57. The fourth-order valence-electron chi connectivity index (χ4n) is 2.03. The van der Waals surface area contributed by atoms with Crippen molar-refractivity contribution < 1.29 is 18.0 Å². The number of hydrogen-bond donors (Lipinski definition) is 1. The van der Waals surface area contributed by atoms with Crippen LogP contribution in [0.4, 0.5) is 0 Å². The van der Waals surface area contributed by atoms with Gasteiger partial charge < -0.3 is 0 Å². The lowest BCUT2D eigenvalue weighted by atomic mass is 10.2. The molecule has 0 bridgehead atoms. The van der Waals surface area contributed by atoms with Gasteiger partial charge in [-0.15, -0.1) is 0 Å². The molecule has 1 aliphatic rings. The van der Waals surface area contributed by atoms with Gasteiger partial charge in [0.25, 0.3) is 0 Å². The maximum atomic E-state index is 12.7. The van der Waals surface area contributed by atoms with Gasteiger partial charge >= 0.3 is 0 Å². The molecule has 6 nitrogen and oxygen atoms in total. The molecule has 0 radical (unpaired) electrons. The number of hydrogen-bond acceptors (Lipinski definition) is 4. The number of amides is 2. The quantitative estimate of drug-likeness (QED) is 0.813. The minimum absolute atomic E-state index is 0.0373. The van der Waals surface area contributed by atoms with E-state index in [2.05, 4.69) is 0 Å². The molecule has 0 atom stereocenters. The summed E-state index contributed by atoms with van der Waals surface area (Å²) in [7, 11) is -4.10. The predicted octanol–water partition coefficient (Wildman–Crippen LogP) is 1.26. The summed E-state index contributed by atoms with van der Waals surface area (Å²) >= 11 is 12.1. The molecule has 1 aromatic carbocycles. The van der Waals surface area contributed by atoms with Crippen LogP contribution in [0, 0.1) is 13.8 Å². The Balaban J connectivity index is 2.60. The van der Waals surface area contributed by atoms with Crippen LogP contribution in [0.5, 0.6) is 0 Å². The average molecular weight is 351 g/mol. The summed E-state index contributed by atoms with van der Waals surface area (Å²) in [6.45, 7) is 2.28. The molecule has 1 aliphatic heterocycles. The van der Waals surface area contributed by atoms with Crippen LogP contribution in [0.3, 0.4) is 0 Å². The minimum Gasteiger partial charge on any atom is -0.294 e. The van der Waals surface area contributed by atoms with E-state index in [1.54, 1.807) is 13.0 Å². The molecular formula is C12H12Cl2N2O4S. The fourth-order valence-corrected chi connectivity index (χ4v) is 4.55. The van der Waals surface area contributed by atoms with Crippen LogP contribution in [-0.2, 0) is 19.6 Å². The first-order chi connectivity index (χ1) is 9.64. The molecule has 1 aromatic rings. The van der Waals surface area contributed by atoms with Crippen molar-refractivity contribution in [1.29, 1.82) is 0 Å². The van der Waals surface area contributed by atoms with E-state index in [4.69, 9.17) is 23.2 Å². The number of benzene rings is 1. The largest absolute Gasteiger partial charge is 0.294 e. The molecule has 1 heterocycles. The molecule has 0 saturated carbocycles. The Morgan fingerprint density at radius 1 is 1.14 bits per heavy atom. The van der Waals surface area contributed by atoms with Crippen LogP contribution >= 0.6 is 23.2 Å². The van der Waals surface area contributed by atoms with Gasteiger partial charge in [0, 0.05) is 5.02 Å². The van der Waals surface area contributed by atoms with E-state index in [0.717, 1.165) is 4.31 Å². The van der Waals surface area contributed by atoms with E-state index in [-0.39, 0.29) is 20.5 Å². The molecule has 0 spiro atoms. The summed E-state index contributed by atoms with van der Waals surface area (Å²) in [6.07, 6.45) is 0. The Bertz CT molecular complexity index is 704. The molecule has 1 fully saturated rings. The molecule has 1 saturated heterocycles. The molecule has 2 amide bonds. The van der Waals surface area contributed by atoms with Gasteiger partial charge in [0.15, 0.2) is 0 Å². The molecule has 0 aliphatic carbocycles.